The number of rotatable bonds is 4. The maximum Gasteiger partial charge on any atom is 0.226 e. The Morgan fingerprint density at radius 2 is 1.95 bits per heavy atom. The summed E-state index contributed by atoms with van der Waals surface area (Å²) in [6.45, 7) is 4.86. The van der Waals surface area contributed by atoms with Gasteiger partial charge in [-0.05, 0) is 26.0 Å². The molecule has 2 heterocycles. The fraction of sp³-hybridized carbons (Fsp3) is 0.267. The lowest BCUT2D eigenvalue weighted by Crippen LogP contribution is -2.14. The van der Waals surface area contributed by atoms with E-state index in [1.165, 1.54) is 5.56 Å². The molecular formula is C15H18N6. The fourth-order valence-corrected chi connectivity index (χ4v) is 2.19. The van der Waals surface area contributed by atoms with Crippen molar-refractivity contribution in [3.63, 3.8) is 0 Å². The maximum absolute atomic E-state index is 4.59. The average Bonchev–Trinajstić information content (AvgIpc) is 2.95. The number of nitrogens with zero attached hydrogens (tertiary/aromatic N) is 4. The predicted molar refractivity (Wildman–Crippen MR) is 85.1 cm³/mol. The molecule has 1 aromatic carbocycles. The van der Waals surface area contributed by atoms with E-state index in [0.29, 0.717) is 11.6 Å². The number of fused-ring (bicyclic) bond motifs is 1. The number of benzene rings is 1. The summed E-state index contributed by atoms with van der Waals surface area (Å²) < 4.78 is 0. The monoisotopic (exact) mass is 282 g/mol. The van der Waals surface area contributed by atoms with Crippen molar-refractivity contribution in [3.05, 3.63) is 36.2 Å². The van der Waals surface area contributed by atoms with Crippen molar-refractivity contribution in [1.29, 1.82) is 0 Å². The molecule has 0 fully saturated rings. The van der Waals surface area contributed by atoms with Gasteiger partial charge in [0.05, 0.1) is 6.33 Å². The quantitative estimate of drug-likeness (QED) is 0.770. The molecule has 0 atom stereocenters. The Hall–Kier alpha value is -2.63. The Bertz CT molecular complexity index is 746. The van der Waals surface area contributed by atoms with Gasteiger partial charge in [0.25, 0.3) is 0 Å². The minimum absolute atomic E-state index is 0.589. The van der Waals surface area contributed by atoms with Crippen LogP contribution < -0.4 is 10.2 Å². The van der Waals surface area contributed by atoms with Crippen LogP contribution in [0.2, 0.25) is 0 Å². The Morgan fingerprint density at radius 1 is 1.19 bits per heavy atom. The molecule has 6 heteroatoms. The van der Waals surface area contributed by atoms with Gasteiger partial charge < -0.3 is 15.2 Å². The minimum Gasteiger partial charge on any atom is -0.354 e. The van der Waals surface area contributed by atoms with Crippen molar-refractivity contribution in [1.82, 2.24) is 19.9 Å². The van der Waals surface area contributed by atoms with Crippen LogP contribution in [0.4, 0.5) is 17.5 Å². The molecule has 2 aromatic heterocycles. The number of aromatic amines is 1. The van der Waals surface area contributed by atoms with E-state index in [1.807, 2.05) is 18.9 Å². The first kappa shape index (κ1) is 13.4. The summed E-state index contributed by atoms with van der Waals surface area (Å²) in [6, 6.07) is 8.32. The Balaban J connectivity index is 2.09. The van der Waals surface area contributed by atoms with Crippen LogP contribution in [0, 0.1) is 6.92 Å². The van der Waals surface area contributed by atoms with Crippen molar-refractivity contribution in [3.8, 4) is 0 Å². The molecule has 0 aliphatic rings. The average molecular weight is 282 g/mol. The van der Waals surface area contributed by atoms with Crippen molar-refractivity contribution >= 4 is 28.6 Å². The van der Waals surface area contributed by atoms with E-state index in [4.69, 9.17) is 0 Å². The molecule has 0 saturated carbocycles. The van der Waals surface area contributed by atoms with Crippen LogP contribution in [0.25, 0.3) is 11.2 Å². The van der Waals surface area contributed by atoms with Crippen LogP contribution in [0.5, 0.6) is 0 Å². The van der Waals surface area contributed by atoms with E-state index in [0.717, 1.165) is 23.6 Å². The summed E-state index contributed by atoms with van der Waals surface area (Å²) in [5, 5.41) is 3.14. The molecule has 3 rings (SSSR count). The molecule has 6 nitrogen and oxygen atoms in total. The summed E-state index contributed by atoms with van der Waals surface area (Å²) in [5.74, 6) is 1.39. The Morgan fingerprint density at radius 3 is 2.67 bits per heavy atom. The van der Waals surface area contributed by atoms with Gasteiger partial charge in [0.1, 0.15) is 5.52 Å². The first-order valence-electron chi connectivity index (χ1n) is 6.94. The number of nitrogens with one attached hydrogen (secondary N) is 2. The molecule has 108 valence electrons. The van der Waals surface area contributed by atoms with Crippen LogP contribution in [0.15, 0.2) is 30.6 Å². The van der Waals surface area contributed by atoms with Gasteiger partial charge in [0.2, 0.25) is 5.95 Å². The molecule has 3 aromatic rings. The highest BCUT2D eigenvalue weighted by Gasteiger charge is 2.14. The SMILES string of the molecule is CCNc1nc(N(C)c2ccc(C)cc2)c2[nH]cnc2n1. The van der Waals surface area contributed by atoms with Gasteiger partial charge in [0.15, 0.2) is 11.5 Å². The number of aromatic nitrogens is 4. The number of imidazole rings is 1. The third-order valence-electron chi connectivity index (χ3n) is 3.34. The normalized spacial score (nSPS) is 10.8. The summed E-state index contributed by atoms with van der Waals surface area (Å²) in [5.41, 5.74) is 3.79. The standard InChI is InChI=1S/C15H18N6/c1-4-16-15-19-13-12(17-9-18-13)14(20-15)21(3)11-7-5-10(2)6-8-11/h5-9H,4H2,1-3H3,(H2,16,17,18,19,20). The number of hydrogen-bond acceptors (Lipinski definition) is 5. The van der Waals surface area contributed by atoms with Crippen LogP contribution >= 0.6 is 0 Å². The van der Waals surface area contributed by atoms with E-state index in [-0.39, 0.29) is 0 Å². The van der Waals surface area contributed by atoms with Gasteiger partial charge >= 0.3 is 0 Å². The van der Waals surface area contributed by atoms with E-state index in [9.17, 15) is 0 Å². The van der Waals surface area contributed by atoms with E-state index in [1.54, 1.807) is 6.33 Å². The van der Waals surface area contributed by atoms with Gasteiger partial charge in [-0.2, -0.15) is 9.97 Å². The van der Waals surface area contributed by atoms with Crippen molar-refractivity contribution < 1.29 is 0 Å². The van der Waals surface area contributed by atoms with E-state index in [2.05, 4.69) is 56.4 Å². The zero-order valence-corrected chi connectivity index (χ0v) is 12.4. The lowest BCUT2D eigenvalue weighted by atomic mass is 10.2. The van der Waals surface area contributed by atoms with E-state index >= 15 is 0 Å². The number of anilines is 3. The van der Waals surface area contributed by atoms with Crippen molar-refractivity contribution in [2.24, 2.45) is 0 Å². The number of H-pyrrole nitrogens is 1. The molecule has 0 bridgehead atoms. The zero-order valence-electron chi connectivity index (χ0n) is 12.4. The molecule has 0 aliphatic carbocycles. The van der Waals surface area contributed by atoms with Crippen molar-refractivity contribution in [2.45, 2.75) is 13.8 Å². The summed E-state index contributed by atoms with van der Waals surface area (Å²) in [7, 11) is 1.99. The molecule has 0 aliphatic heterocycles. The molecule has 0 unspecified atom stereocenters. The Labute approximate surface area is 123 Å². The Kier molecular flexibility index (Phi) is 3.43. The number of aryl methyl sites for hydroxylation is 1. The third kappa shape index (κ3) is 2.52. The highest BCUT2D eigenvalue weighted by atomic mass is 15.2. The molecule has 0 radical (unpaired) electrons. The van der Waals surface area contributed by atoms with Crippen LogP contribution in [0.1, 0.15) is 12.5 Å². The minimum atomic E-state index is 0.589. The van der Waals surface area contributed by atoms with Crippen molar-refractivity contribution in [2.75, 3.05) is 23.8 Å². The highest BCUT2D eigenvalue weighted by molar-refractivity contribution is 5.86. The lowest BCUT2D eigenvalue weighted by Gasteiger charge is -2.19. The highest BCUT2D eigenvalue weighted by Crippen LogP contribution is 2.28. The third-order valence-corrected chi connectivity index (χ3v) is 3.34. The molecule has 0 amide bonds. The second-order valence-electron chi connectivity index (χ2n) is 4.90. The molecule has 0 spiro atoms. The zero-order chi connectivity index (χ0) is 14.8. The molecular weight excluding hydrogens is 264 g/mol. The summed E-state index contributed by atoms with van der Waals surface area (Å²) >= 11 is 0. The van der Waals surface area contributed by atoms with Gasteiger partial charge in [-0.15, -0.1) is 0 Å². The van der Waals surface area contributed by atoms with Crippen LogP contribution in [0.3, 0.4) is 0 Å². The lowest BCUT2D eigenvalue weighted by molar-refractivity contribution is 1.06. The maximum atomic E-state index is 4.59. The van der Waals surface area contributed by atoms with E-state index < -0.39 is 0 Å². The van der Waals surface area contributed by atoms with Crippen LogP contribution in [-0.4, -0.2) is 33.5 Å². The smallest absolute Gasteiger partial charge is 0.226 e. The fourth-order valence-electron chi connectivity index (χ4n) is 2.19. The summed E-state index contributed by atoms with van der Waals surface area (Å²) in [4.78, 5) is 18.4. The van der Waals surface area contributed by atoms with Gasteiger partial charge in [0, 0.05) is 19.3 Å². The number of hydrogen-bond donors (Lipinski definition) is 2. The second-order valence-corrected chi connectivity index (χ2v) is 4.90. The molecule has 21 heavy (non-hydrogen) atoms. The predicted octanol–water partition coefficient (Wildman–Crippen LogP) is 2.86. The largest absolute Gasteiger partial charge is 0.354 e. The van der Waals surface area contributed by atoms with Gasteiger partial charge in [-0.3, -0.25) is 0 Å². The van der Waals surface area contributed by atoms with Crippen LogP contribution in [-0.2, 0) is 0 Å². The van der Waals surface area contributed by atoms with Gasteiger partial charge in [-0.25, -0.2) is 4.98 Å². The second kappa shape index (κ2) is 5.40. The summed E-state index contributed by atoms with van der Waals surface area (Å²) in [6.07, 6.45) is 1.64. The topological polar surface area (TPSA) is 69.7 Å². The first-order valence-corrected chi connectivity index (χ1v) is 6.94. The molecule has 0 saturated heterocycles. The first-order chi connectivity index (χ1) is 10.2. The molecule has 2 N–H and O–H groups in total. The van der Waals surface area contributed by atoms with Gasteiger partial charge in [-0.1, -0.05) is 17.7 Å².